The van der Waals surface area contributed by atoms with Crippen LogP contribution >= 0.6 is 0 Å². The zero-order valence-corrected chi connectivity index (χ0v) is 10.4. The summed E-state index contributed by atoms with van der Waals surface area (Å²) in [6, 6.07) is 5.93. The fourth-order valence-electron chi connectivity index (χ4n) is 1.84. The van der Waals surface area contributed by atoms with Crippen LogP contribution in [0.5, 0.6) is 5.75 Å². The number of rotatable bonds is 6. The van der Waals surface area contributed by atoms with E-state index >= 15 is 0 Å². The van der Waals surface area contributed by atoms with Crippen molar-refractivity contribution < 1.29 is 4.74 Å². The zero-order valence-electron chi connectivity index (χ0n) is 10.4. The average Bonchev–Trinajstić information content (AvgIpc) is 2.82. The smallest absolute Gasteiger partial charge is 0.121 e. The largest absolute Gasteiger partial charge is 0.492 e. The number of imidazole rings is 1. The van der Waals surface area contributed by atoms with E-state index in [4.69, 9.17) is 4.74 Å². The molecule has 1 aromatic heterocycles. The van der Waals surface area contributed by atoms with Crippen LogP contribution in [0.4, 0.5) is 0 Å². The molecule has 4 nitrogen and oxygen atoms in total. The number of ether oxygens (including phenoxy) is 1. The van der Waals surface area contributed by atoms with Gasteiger partial charge in [-0.25, -0.2) is 4.98 Å². The van der Waals surface area contributed by atoms with Crippen LogP contribution in [-0.4, -0.2) is 41.1 Å². The number of hydrogen-bond acceptors (Lipinski definition) is 3. The summed E-state index contributed by atoms with van der Waals surface area (Å²) in [5.74, 6) is 0.897. The molecule has 2 aromatic rings. The third-order valence-corrected chi connectivity index (χ3v) is 2.96. The summed E-state index contributed by atoms with van der Waals surface area (Å²) in [4.78, 5) is 9.60. The highest BCUT2D eigenvalue weighted by Crippen LogP contribution is 2.17. The minimum atomic E-state index is 0.724. The number of benzene rings is 1. The van der Waals surface area contributed by atoms with Crippen molar-refractivity contribution in [3.05, 3.63) is 24.5 Å². The molecule has 1 heterocycles. The summed E-state index contributed by atoms with van der Waals surface area (Å²) in [7, 11) is 0. The first kappa shape index (κ1) is 11.9. The molecule has 0 spiro atoms. The Morgan fingerprint density at radius 1 is 1.29 bits per heavy atom. The van der Waals surface area contributed by atoms with Crippen LogP contribution < -0.4 is 4.74 Å². The minimum absolute atomic E-state index is 0.724. The van der Waals surface area contributed by atoms with E-state index in [1.54, 1.807) is 6.33 Å². The molecular weight excluding hydrogens is 214 g/mol. The molecule has 0 atom stereocenters. The van der Waals surface area contributed by atoms with E-state index in [1.807, 2.05) is 18.2 Å². The summed E-state index contributed by atoms with van der Waals surface area (Å²) in [5, 5.41) is 0. The van der Waals surface area contributed by atoms with Crippen molar-refractivity contribution in [3.63, 3.8) is 0 Å². The van der Waals surface area contributed by atoms with Gasteiger partial charge in [0, 0.05) is 12.6 Å². The third-order valence-electron chi connectivity index (χ3n) is 2.96. The fourth-order valence-corrected chi connectivity index (χ4v) is 1.84. The van der Waals surface area contributed by atoms with E-state index in [9.17, 15) is 0 Å². The topological polar surface area (TPSA) is 41.1 Å². The Morgan fingerprint density at radius 2 is 2.12 bits per heavy atom. The normalized spacial score (nSPS) is 11.2. The van der Waals surface area contributed by atoms with Crippen molar-refractivity contribution >= 4 is 11.0 Å². The molecule has 2 rings (SSSR count). The van der Waals surface area contributed by atoms with Crippen molar-refractivity contribution in [2.45, 2.75) is 13.8 Å². The molecule has 0 saturated heterocycles. The van der Waals surface area contributed by atoms with E-state index in [-0.39, 0.29) is 0 Å². The van der Waals surface area contributed by atoms with Gasteiger partial charge in [-0.2, -0.15) is 0 Å². The molecule has 17 heavy (non-hydrogen) atoms. The van der Waals surface area contributed by atoms with Gasteiger partial charge in [-0.3, -0.25) is 0 Å². The summed E-state index contributed by atoms with van der Waals surface area (Å²) < 4.78 is 5.73. The lowest BCUT2D eigenvalue weighted by atomic mass is 10.3. The maximum Gasteiger partial charge on any atom is 0.121 e. The monoisotopic (exact) mass is 233 g/mol. The highest BCUT2D eigenvalue weighted by Gasteiger charge is 2.01. The fraction of sp³-hybridized carbons (Fsp3) is 0.462. The molecule has 1 N–H and O–H groups in total. The quantitative estimate of drug-likeness (QED) is 0.832. The van der Waals surface area contributed by atoms with E-state index < -0.39 is 0 Å². The van der Waals surface area contributed by atoms with Crippen molar-refractivity contribution in [3.8, 4) is 5.75 Å². The second kappa shape index (κ2) is 5.68. The second-order valence-corrected chi connectivity index (χ2v) is 3.96. The molecule has 0 aliphatic heterocycles. The Balaban J connectivity index is 1.90. The van der Waals surface area contributed by atoms with Gasteiger partial charge in [-0.05, 0) is 25.2 Å². The van der Waals surface area contributed by atoms with E-state index in [1.165, 1.54) is 0 Å². The third kappa shape index (κ3) is 2.97. The first-order valence-electron chi connectivity index (χ1n) is 6.11. The van der Waals surface area contributed by atoms with Crippen molar-refractivity contribution in [2.24, 2.45) is 0 Å². The Morgan fingerprint density at radius 3 is 2.88 bits per heavy atom. The molecule has 4 heteroatoms. The number of aromatic amines is 1. The molecule has 0 amide bonds. The lowest BCUT2D eigenvalue weighted by molar-refractivity contribution is 0.223. The first-order chi connectivity index (χ1) is 8.33. The van der Waals surface area contributed by atoms with Crippen molar-refractivity contribution in [1.82, 2.24) is 14.9 Å². The van der Waals surface area contributed by atoms with Gasteiger partial charge in [-0.15, -0.1) is 0 Å². The van der Waals surface area contributed by atoms with Crippen LogP contribution in [0.3, 0.4) is 0 Å². The molecule has 0 radical (unpaired) electrons. The number of likely N-dealkylation sites (N-methyl/N-ethyl adjacent to an activating group) is 1. The van der Waals surface area contributed by atoms with Gasteiger partial charge in [-0.1, -0.05) is 13.8 Å². The van der Waals surface area contributed by atoms with Gasteiger partial charge in [0.05, 0.1) is 17.4 Å². The maximum absolute atomic E-state index is 5.73. The Bertz CT molecular complexity index is 462. The zero-order chi connectivity index (χ0) is 12.1. The molecule has 0 saturated carbocycles. The SMILES string of the molecule is CCN(CC)CCOc1ccc2nc[nH]c2c1. The molecular formula is C13H19N3O. The van der Waals surface area contributed by atoms with E-state index in [0.29, 0.717) is 0 Å². The van der Waals surface area contributed by atoms with Crippen LogP contribution in [0.15, 0.2) is 24.5 Å². The van der Waals surface area contributed by atoms with Gasteiger partial charge in [0.2, 0.25) is 0 Å². The van der Waals surface area contributed by atoms with Crippen LogP contribution in [0.2, 0.25) is 0 Å². The minimum Gasteiger partial charge on any atom is -0.492 e. The van der Waals surface area contributed by atoms with Crippen LogP contribution in [0.1, 0.15) is 13.8 Å². The lowest BCUT2D eigenvalue weighted by Crippen LogP contribution is -2.27. The van der Waals surface area contributed by atoms with Crippen molar-refractivity contribution in [1.29, 1.82) is 0 Å². The van der Waals surface area contributed by atoms with Gasteiger partial charge < -0.3 is 14.6 Å². The van der Waals surface area contributed by atoms with Gasteiger partial charge in [0.25, 0.3) is 0 Å². The predicted octanol–water partition coefficient (Wildman–Crippen LogP) is 2.28. The molecule has 0 fully saturated rings. The highest BCUT2D eigenvalue weighted by molar-refractivity contribution is 5.75. The van der Waals surface area contributed by atoms with Gasteiger partial charge in [0.15, 0.2) is 0 Å². The second-order valence-electron chi connectivity index (χ2n) is 3.96. The average molecular weight is 233 g/mol. The van der Waals surface area contributed by atoms with Gasteiger partial charge >= 0.3 is 0 Å². The molecule has 0 bridgehead atoms. The Hall–Kier alpha value is -1.55. The van der Waals surface area contributed by atoms with Gasteiger partial charge in [0.1, 0.15) is 12.4 Å². The molecule has 92 valence electrons. The number of aromatic nitrogens is 2. The van der Waals surface area contributed by atoms with Crippen LogP contribution in [-0.2, 0) is 0 Å². The van der Waals surface area contributed by atoms with E-state index in [0.717, 1.165) is 43.0 Å². The summed E-state index contributed by atoms with van der Waals surface area (Å²) >= 11 is 0. The number of fused-ring (bicyclic) bond motifs is 1. The molecule has 0 aliphatic rings. The molecule has 0 aliphatic carbocycles. The standard InChI is InChI=1S/C13H19N3O/c1-3-16(4-2)7-8-17-11-5-6-12-13(9-11)15-10-14-12/h5-6,9-10H,3-4,7-8H2,1-2H3,(H,14,15). The summed E-state index contributed by atoms with van der Waals surface area (Å²) in [5.41, 5.74) is 1.99. The predicted molar refractivity (Wildman–Crippen MR) is 69.4 cm³/mol. The summed E-state index contributed by atoms with van der Waals surface area (Å²) in [6.07, 6.45) is 1.70. The first-order valence-corrected chi connectivity index (χ1v) is 6.11. The number of H-pyrrole nitrogens is 1. The van der Waals surface area contributed by atoms with Crippen molar-refractivity contribution in [2.75, 3.05) is 26.2 Å². The Labute approximate surface area is 102 Å². The maximum atomic E-state index is 5.73. The number of nitrogens with one attached hydrogen (secondary N) is 1. The highest BCUT2D eigenvalue weighted by atomic mass is 16.5. The lowest BCUT2D eigenvalue weighted by Gasteiger charge is -2.17. The molecule has 0 unspecified atom stereocenters. The summed E-state index contributed by atoms with van der Waals surface area (Å²) in [6.45, 7) is 8.16. The van der Waals surface area contributed by atoms with Crippen LogP contribution in [0, 0.1) is 0 Å². The number of hydrogen-bond donors (Lipinski definition) is 1. The van der Waals surface area contributed by atoms with E-state index in [2.05, 4.69) is 28.7 Å². The number of nitrogens with zero attached hydrogens (tertiary/aromatic N) is 2. The van der Waals surface area contributed by atoms with Crippen LogP contribution in [0.25, 0.3) is 11.0 Å². The molecule has 1 aromatic carbocycles. The Kier molecular flexibility index (Phi) is 3.98.